The fraction of sp³-hybridized carbons (Fsp3) is 0.818. The number of aliphatic hydroxyl groups is 1. The minimum atomic E-state index is -0.232. The molecule has 1 N–H and O–H groups in total. The van der Waals surface area contributed by atoms with Gasteiger partial charge in [-0.3, -0.25) is 0 Å². The molecule has 1 saturated heterocycles. The zero-order chi connectivity index (χ0) is 9.84. The minimum absolute atomic E-state index is 0.232. The average Bonchev–Trinajstić information content (AvgIpc) is 2.47. The van der Waals surface area contributed by atoms with Gasteiger partial charge in [-0.1, -0.05) is 11.1 Å². The standard InChI is InChI=1S/C11H20O2/c1-8(2)9(3)4-5-10-6-13-7-11(10)12/h10-12H,4-7H2,1-3H3/t10-,11-/m1/s1. The molecule has 2 atom stereocenters. The molecule has 1 aliphatic rings. The number of allylic oxidation sites excluding steroid dienone is 2. The molecule has 1 fully saturated rings. The normalized spacial score (nSPS) is 27.7. The Bertz CT molecular complexity index is 192. The van der Waals surface area contributed by atoms with Gasteiger partial charge in [-0.05, 0) is 33.6 Å². The predicted molar refractivity (Wildman–Crippen MR) is 53.6 cm³/mol. The molecule has 76 valence electrons. The van der Waals surface area contributed by atoms with Crippen LogP contribution in [0.1, 0.15) is 33.6 Å². The van der Waals surface area contributed by atoms with Crippen molar-refractivity contribution in [3.63, 3.8) is 0 Å². The van der Waals surface area contributed by atoms with Gasteiger partial charge in [-0.15, -0.1) is 0 Å². The Hall–Kier alpha value is -0.340. The molecule has 0 aromatic rings. The van der Waals surface area contributed by atoms with Crippen molar-refractivity contribution >= 4 is 0 Å². The first-order chi connectivity index (χ1) is 6.11. The highest BCUT2D eigenvalue weighted by Gasteiger charge is 2.25. The van der Waals surface area contributed by atoms with Crippen LogP contribution in [-0.4, -0.2) is 24.4 Å². The topological polar surface area (TPSA) is 29.5 Å². The van der Waals surface area contributed by atoms with Crippen LogP contribution in [0, 0.1) is 5.92 Å². The van der Waals surface area contributed by atoms with Gasteiger partial charge in [-0.2, -0.15) is 0 Å². The van der Waals surface area contributed by atoms with Crippen molar-refractivity contribution in [1.82, 2.24) is 0 Å². The van der Waals surface area contributed by atoms with Crippen LogP contribution in [0.3, 0.4) is 0 Å². The summed E-state index contributed by atoms with van der Waals surface area (Å²) < 4.78 is 5.20. The molecule has 1 rings (SSSR count). The molecular weight excluding hydrogens is 164 g/mol. The van der Waals surface area contributed by atoms with Gasteiger partial charge in [0.05, 0.1) is 19.3 Å². The van der Waals surface area contributed by atoms with Crippen molar-refractivity contribution in [2.75, 3.05) is 13.2 Å². The van der Waals surface area contributed by atoms with Gasteiger partial charge in [0.2, 0.25) is 0 Å². The van der Waals surface area contributed by atoms with E-state index in [0.29, 0.717) is 12.5 Å². The third kappa shape index (κ3) is 3.12. The van der Waals surface area contributed by atoms with Crippen molar-refractivity contribution < 1.29 is 9.84 Å². The van der Waals surface area contributed by atoms with E-state index in [0.717, 1.165) is 19.4 Å². The van der Waals surface area contributed by atoms with Crippen molar-refractivity contribution in [2.24, 2.45) is 5.92 Å². The summed E-state index contributed by atoms with van der Waals surface area (Å²) in [6.45, 7) is 7.70. The molecule has 0 radical (unpaired) electrons. The highest BCUT2D eigenvalue weighted by atomic mass is 16.5. The zero-order valence-corrected chi connectivity index (χ0v) is 8.84. The molecule has 0 aromatic heterocycles. The first kappa shape index (κ1) is 10.7. The Balaban J connectivity index is 2.30. The summed E-state index contributed by atoms with van der Waals surface area (Å²) in [6, 6.07) is 0. The van der Waals surface area contributed by atoms with E-state index in [2.05, 4.69) is 20.8 Å². The number of aliphatic hydroxyl groups excluding tert-OH is 1. The smallest absolute Gasteiger partial charge is 0.0823 e. The van der Waals surface area contributed by atoms with Crippen LogP contribution < -0.4 is 0 Å². The first-order valence-electron chi connectivity index (χ1n) is 5.00. The summed E-state index contributed by atoms with van der Waals surface area (Å²) in [5.41, 5.74) is 2.84. The van der Waals surface area contributed by atoms with Crippen LogP contribution >= 0.6 is 0 Å². The highest BCUT2D eigenvalue weighted by Crippen LogP contribution is 2.22. The Labute approximate surface area is 80.6 Å². The Kier molecular flexibility index (Phi) is 3.94. The van der Waals surface area contributed by atoms with E-state index >= 15 is 0 Å². The Morgan fingerprint density at radius 3 is 2.46 bits per heavy atom. The molecule has 0 aliphatic carbocycles. The van der Waals surface area contributed by atoms with Crippen molar-refractivity contribution in [3.8, 4) is 0 Å². The molecule has 2 nitrogen and oxygen atoms in total. The molecule has 0 bridgehead atoms. The van der Waals surface area contributed by atoms with Crippen molar-refractivity contribution in [2.45, 2.75) is 39.7 Å². The number of hydrogen-bond donors (Lipinski definition) is 1. The molecule has 0 unspecified atom stereocenters. The lowest BCUT2D eigenvalue weighted by molar-refractivity contribution is 0.117. The number of hydrogen-bond acceptors (Lipinski definition) is 2. The first-order valence-corrected chi connectivity index (χ1v) is 5.00. The van der Waals surface area contributed by atoms with E-state index < -0.39 is 0 Å². The lowest BCUT2D eigenvalue weighted by atomic mass is 9.96. The van der Waals surface area contributed by atoms with Crippen LogP contribution in [0.2, 0.25) is 0 Å². The van der Waals surface area contributed by atoms with Crippen LogP contribution in [0.4, 0.5) is 0 Å². The monoisotopic (exact) mass is 184 g/mol. The highest BCUT2D eigenvalue weighted by molar-refractivity contribution is 5.06. The van der Waals surface area contributed by atoms with E-state index in [9.17, 15) is 5.11 Å². The van der Waals surface area contributed by atoms with E-state index in [1.54, 1.807) is 0 Å². The van der Waals surface area contributed by atoms with Gasteiger partial charge in [0.15, 0.2) is 0 Å². The second-order valence-electron chi connectivity index (χ2n) is 4.18. The molecule has 2 heteroatoms. The van der Waals surface area contributed by atoms with Gasteiger partial charge in [-0.25, -0.2) is 0 Å². The quantitative estimate of drug-likeness (QED) is 0.681. The van der Waals surface area contributed by atoms with Crippen LogP contribution in [0.25, 0.3) is 0 Å². The van der Waals surface area contributed by atoms with Crippen molar-refractivity contribution in [1.29, 1.82) is 0 Å². The second-order valence-corrected chi connectivity index (χ2v) is 4.18. The summed E-state index contributed by atoms with van der Waals surface area (Å²) in [5, 5.41) is 9.50. The summed E-state index contributed by atoms with van der Waals surface area (Å²) in [4.78, 5) is 0. The summed E-state index contributed by atoms with van der Waals surface area (Å²) in [5.74, 6) is 0.356. The minimum Gasteiger partial charge on any atom is -0.390 e. The van der Waals surface area contributed by atoms with Crippen LogP contribution in [0.15, 0.2) is 11.1 Å². The fourth-order valence-electron chi connectivity index (χ4n) is 1.51. The van der Waals surface area contributed by atoms with Crippen molar-refractivity contribution in [3.05, 3.63) is 11.1 Å². The fourth-order valence-corrected chi connectivity index (χ4v) is 1.51. The summed E-state index contributed by atoms with van der Waals surface area (Å²) in [7, 11) is 0. The molecule has 1 aliphatic heterocycles. The second kappa shape index (κ2) is 4.77. The average molecular weight is 184 g/mol. The molecule has 13 heavy (non-hydrogen) atoms. The molecule has 0 aromatic carbocycles. The van der Waals surface area contributed by atoms with E-state index in [4.69, 9.17) is 4.74 Å². The van der Waals surface area contributed by atoms with E-state index in [-0.39, 0.29) is 6.10 Å². The molecule has 0 saturated carbocycles. The van der Waals surface area contributed by atoms with Crippen LogP contribution in [0.5, 0.6) is 0 Å². The van der Waals surface area contributed by atoms with Gasteiger partial charge in [0.1, 0.15) is 0 Å². The molecule has 1 heterocycles. The summed E-state index contributed by atoms with van der Waals surface area (Å²) in [6.07, 6.45) is 1.91. The van der Waals surface area contributed by atoms with Gasteiger partial charge < -0.3 is 9.84 Å². The molecule has 0 spiro atoms. The third-order valence-electron chi connectivity index (χ3n) is 2.91. The zero-order valence-electron chi connectivity index (χ0n) is 8.84. The molecular formula is C11H20O2. The van der Waals surface area contributed by atoms with Gasteiger partial charge in [0, 0.05) is 5.92 Å². The summed E-state index contributed by atoms with van der Waals surface area (Å²) >= 11 is 0. The maximum atomic E-state index is 9.50. The van der Waals surface area contributed by atoms with E-state index in [1.807, 2.05) is 0 Å². The maximum absolute atomic E-state index is 9.50. The number of ether oxygens (including phenoxy) is 1. The molecule has 0 amide bonds. The lowest BCUT2D eigenvalue weighted by Gasteiger charge is -2.12. The SMILES string of the molecule is CC(C)=C(C)CC[C@@H]1COC[C@H]1O. The predicted octanol–water partition coefficient (Wildman–Crippen LogP) is 2.13. The van der Waals surface area contributed by atoms with Gasteiger partial charge in [0.25, 0.3) is 0 Å². The van der Waals surface area contributed by atoms with Crippen LogP contribution in [-0.2, 0) is 4.74 Å². The number of rotatable bonds is 3. The third-order valence-corrected chi connectivity index (χ3v) is 2.91. The van der Waals surface area contributed by atoms with E-state index in [1.165, 1.54) is 11.1 Å². The maximum Gasteiger partial charge on any atom is 0.0823 e. The Morgan fingerprint density at radius 1 is 1.31 bits per heavy atom. The lowest BCUT2D eigenvalue weighted by Crippen LogP contribution is -2.17. The Morgan fingerprint density at radius 2 is 2.00 bits per heavy atom. The largest absolute Gasteiger partial charge is 0.390 e. The van der Waals surface area contributed by atoms with Gasteiger partial charge >= 0.3 is 0 Å².